The smallest absolute Gasteiger partial charge is 0.405 e. The molecular weight excluding hydrogens is 506 g/mol. The summed E-state index contributed by atoms with van der Waals surface area (Å²) in [6.45, 7) is 8.91. The maximum absolute atomic E-state index is 12.5. The number of nitrogens with zero attached hydrogens (tertiary/aromatic N) is 3. The summed E-state index contributed by atoms with van der Waals surface area (Å²) in [5, 5.41) is 22.4. The van der Waals surface area contributed by atoms with Crippen molar-refractivity contribution < 1.29 is 24.0 Å². The predicted octanol–water partition coefficient (Wildman–Crippen LogP) is 3.39. The molecule has 2 aromatic rings. The predicted molar refractivity (Wildman–Crippen MR) is 145 cm³/mol. The lowest BCUT2D eigenvalue weighted by Crippen LogP contribution is -2.55. The molecule has 10 nitrogen and oxygen atoms in total. The maximum Gasteiger partial charge on any atom is 0.405 e. The fourth-order valence-electron chi connectivity index (χ4n) is 6.18. The molecule has 2 amide bonds. The molecule has 3 unspecified atom stereocenters. The van der Waals surface area contributed by atoms with Gasteiger partial charge in [-0.15, -0.1) is 16.9 Å². The van der Waals surface area contributed by atoms with Gasteiger partial charge < -0.3 is 29.9 Å². The highest BCUT2D eigenvalue weighted by Crippen LogP contribution is 2.48. The van der Waals surface area contributed by atoms with Crippen LogP contribution in [-0.4, -0.2) is 76.3 Å². The largest absolute Gasteiger partial charge is 0.493 e. The molecule has 38 heavy (non-hydrogen) atoms. The molecule has 2 aliphatic rings. The van der Waals surface area contributed by atoms with Gasteiger partial charge >= 0.3 is 6.09 Å². The summed E-state index contributed by atoms with van der Waals surface area (Å²) in [5.74, 6) is 3.88. The van der Waals surface area contributed by atoms with Crippen LogP contribution in [0.5, 0.6) is 5.75 Å². The fraction of sp³-hybridized carbons (Fsp3) is 0.630. The third-order valence-electron chi connectivity index (χ3n) is 8.10. The van der Waals surface area contributed by atoms with Crippen molar-refractivity contribution in [1.82, 2.24) is 25.9 Å². The van der Waals surface area contributed by atoms with E-state index >= 15 is 0 Å². The number of carboxylic acid groups (broad SMARTS) is 1. The molecule has 2 saturated heterocycles. The van der Waals surface area contributed by atoms with Crippen molar-refractivity contribution in [3.63, 3.8) is 0 Å². The second kappa shape index (κ2) is 12.8. The molecule has 2 aliphatic heterocycles. The number of nitrogens with one attached hydrogen (secondary N) is 2. The fourth-order valence-corrected chi connectivity index (χ4v) is 7.41. The van der Waals surface area contributed by atoms with E-state index in [9.17, 15) is 9.59 Å². The van der Waals surface area contributed by atoms with E-state index in [2.05, 4.69) is 53.9 Å². The summed E-state index contributed by atoms with van der Waals surface area (Å²) in [4.78, 5) is 25.1. The number of thioether (sulfide) groups is 1. The molecule has 3 N–H and O–H groups in total. The van der Waals surface area contributed by atoms with Crippen LogP contribution in [0.1, 0.15) is 44.9 Å². The van der Waals surface area contributed by atoms with Crippen LogP contribution in [0, 0.1) is 17.8 Å². The van der Waals surface area contributed by atoms with Crippen molar-refractivity contribution in [2.75, 3.05) is 37.9 Å². The molecular formula is C27H39N5O5S. The zero-order chi connectivity index (χ0) is 27.1. The van der Waals surface area contributed by atoms with Crippen molar-refractivity contribution in [3.05, 3.63) is 41.8 Å². The number of carbonyl (C=O) groups is 2. The van der Waals surface area contributed by atoms with Gasteiger partial charge in [0.15, 0.2) is 5.76 Å². The number of aromatic nitrogens is 2. The Labute approximate surface area is 228 Å². The zero-order valence-corrected chi connectivity index (χ0v) is 23.2. The lowest BCUT2D eigenvalue weighted by molar-refractivity contribution is -0.130. The molecule has 208 valence electrons. The highest BCUT2D eigenvalue weighted by molar-refractivity contribution is 7.99. The molecule has 1 aromatic carbocycles. The molecule has 0 aliphatic carbocycles. The van der Waals surface area contributed by atoms with Crippen molar-refractivity contribution in [3.8, 4) is 5.75 Å². The van der Waals surface area contributed by atoms with Gasteiger partial charge in [-0.3, -0.25) is 4.79 Å². The van der Waals surface area contributed by atoms with Gasteiger partial charge in [0.25, 0.3) is 0 Å². The van der Waals surface area contributed by atoms with E-state index in [1.54, 1.807) is 22.9 Å². The number of benzene rings is 1. The van der Waals surface area contributed by atoms with Crippen LogP contribution in [0.4, 0.5) is 4.79 Å². The summed E-state index contributed by atoms with van der Waals surface area (Å²) < 4.78 is 12.2. The number of amides is 2. The molecule has 4 atom stereocenters. The van der Waals surface area contributed by atoms with Gasteiger partial charge in [0.2, 0.25) is 5.91 Å². The first kappa shape index (κ1) is 28.2. The van der Waals surface area contributed by atoms with E-state index in [0.29, 0.717) is 30.7 Å². The number of hydrogen-bond donors (Lipinski definition) is 3. The Kier molecular flexibility index (Phi) is 9.54. The zero-order valence-electron chi connectivity index (χ0n) is 22.4. The second-order valence-electron chi connectivity index (χ2n) is 10.6. The normalized spacial score (nSPS) is 24.4. The molecule has 1 aromatic heterocycles. The van der Waals surface area contributed by atoms with E-state index in [4.69, 9.17) is 14.4 Å². The van der Waals surface area contributed by atoms with Crippen LogP contribution in [0.3, 0.4) is 0 Å². The minimum absolute atomic E-state index is 0.0190. The Morgan fingerprint density at radius 3 is 2.95 bits per heavy atom. The first-order valence-electron chi connectivity index (χ1n) is 13.4. The summed E-state index contributed by atoms with van der Waals surface area (Å²) in [5.41, 5.74) is 0.879. The van der Waals surface area contributed by atoms with Gasteiger partial charge in [-0.25, -0.2) is 4.79 Å². The lowest BCUT2D eigenvalue weighted by Gasteiger charge is -2.49. The SMILES string of the molecule is CCC(COc1cccc(CC2CSCN2C(=O)CNC(=O)O)c1)[C@@]1(c2cnno2)CCNCC1C(C)C. The van der Waals surface area contributed by atoms with Crippen LogP contribution in [0.15, 0.2) is 35.0 Å². The maximum atomic E-state index is 12.5. The van der Waals surface area contributed by atoms with Gasteiger partial charge in [0, 0.05) is 28.4 Å². The molecule has 3 heterocycles. The van der Waals surface area contributed by atoms with Gasteiger partial charge in [0.1, 0.15) is 12.3 Å². The standard InChI is InChI=1S/C27H39N5O5S/c1-4-20(27(24-13-30-31-37-24)8-9-28-12-23(27)18(2)3)15-36-22-7-5-6-19(11-22)10-21-16-38-17-32(21)25(33)14-29-26(34)35/h5-7,11,13,18,20-21,23,28-29H,4,8-10,12,14-17H2,1-3H3,(H,34,35)/t20?,21?,23?,27-/m0/s1. The van der Waals surface area contributed by atoms with Crippen molar-refractivity contribution in [1.29, 1.82) is 0 Å². The van der Waals surface area contributed by atoms with E-state index in [0.717, 1.165) is 48.8 Å². The quantitative estimate of drug-likeness (QED) is 0.389. The first-order chi connectivity index (χ1) is 18.3. The van der Waals surface area contributed by atoms with E-state index in [1.807, 2.05) is 12.1 Å². The summed E-state index contributed by atoms with van der Waals surface area (Å²) in [6, 6.07) is 8.09. The van der Waals surface area contributed by atoms with Crippen LogP contribution < -0.4 is 15.4 Å². The second-order valence-corrected chi connectivity index (χ2v) is 11.6. The van der Waals surface area contributed by atoms with Gasteiger partial charge in [-0.2, -0.15) is 0 Å². The van der Waals surface area contributed by atoms with Crippen LogP contribution in [0.25, 0.3) is 0 Å². The third-order valence-corrected chi connectivity index (χ3v) is 9.18. The Morgan fingerprint density at radius 2 is 2.24 bits per heavy atom. The lowest BCUT2D eigenvalue weighted by atomic mass is 9.58. The topological polar surface area (TPSA) is 130 Å². The van der Waals surface area contributed by atoms with E-state index in [-0.39, 0.29) is 29.8 Å². The minimum atomic E-state index is -1.19. The van der Waals surface area contributed by atoms with Crippen LogP contribution >= 0.6 is 11.8 Å². The molecule has 0 bridgehead atoms. The third kappa shape index (κ3) is 6.26. The van der Waals surface area contributed by atoms with Gasteiger partial charge in [-0.1, -0.05) is 32.9 Å². The number of rotatable bonds is 11. The average Bonchev–Trinajstić information content (AvgIpc) is 3.61. The molecule has 0 spiro atoms. The Bertz CT molecular complexity index is 1070. The highest BCUT2D eigenvalue weighted by Gasteiger charge is 2.51. The monoisotopic (exact) mass is 545 g/mol. The van der Waals surface area contributed by atoms with Gasteiger partial charge in [-0.05, 0) is 61.9 Å². The summed E-state index contributed by atoms with van der Waals surface area (Å²) >= 11 is 1.68. The van der Waals surface area contributed by atoms with Crippen LogP contribution in [0.2, 0.25) is 0 Å². The minimum Gasteiger partial charge on any atom is -0.493 e. The highest BCUT2D eigenvalue weighted by atomic mass is 32.2. The molecule has 0 radical (unpaired) electrons. The van der Waals surface area contributed by atoms with E-state index < -0.39 is 6.09 Å². The van der Waals surface area contributed by atoms with Gasteiger partial charge in [0.05, 0.1) is 18.7 Å². The number of ether oxygens (including phenoxy) is 1. The van der Waals surface area contributed by atoms with E-state index in [1.165, 1.54) is 0 Å². The molecule has 11 heteroatoms. The Balaban J connectivity index is 1.46. The number of hydrogen-bond acceptors (Lipinski definition) is 8. The summed E-state index contributed by atoms with van der Waals surface area (Å²) in [7, 11) is 0. The number of carbonyl (C=O) groups excluding carboxylic acids is 1. The first-order valence-corrected chi connectivity index (χ1v) is 14.5. The van der Waals surface area contributed by atoms with Crippen molar-refractivity contribution >= 4 is 23.8 Å². The average molecular weight is 546 g/mol. The Morgan fingerprint density at radius 1 is 1.39 bits per heavy atom. The molecule has 2 fully saturated rings. The van der Waals surface area contributed by atoms with Crippen molar-refractivity contribution in [2.24, 2.45) is 17.8 Å². The van der Waals surface area contributed by atoms with Crippen molar-refractivity contribution in [2.45, 2.75) is 51.5 Å². The number of piperidine rings is 1. The van der Waals surface area contributed by atoms with Crippen LogP contribution in [-0.2, 0) is 16.6 Å². The summed E-state index contributed by atoms with van der Waals surface area (Å²) in [6.07, 6.45) is 3.15. The Hall–Kier alpha value is -2.79. The molecule has 4 rings (SSSR count). The molecule has 0 saturated carbocycles.